The molecule has 1 atom stereocenters. The molecule has 0 aliphatic carbocycles. The van der Waals surface area contributed by atoms with Crippen molar-refractivity contribution in [2.75, 3.05) is 13.9 Å². The summed E-state index contributed by atoms with van der Waals surface area (Å²) in [6.07, 6.45) is 2.55. The Bertz CT molecular complexity index is 1170. The zero-order chi connectivity index (χ0) is 29.2. The van der Waals surface area contributed by atoms with Gasteiger partial charge in [0.25, 0.3) is 5.91 Å². The Morgan fingerprint density at radius 1 is 1.08 bits per heavy atom. The first-order valence-corrected chi connectivity index (χ1v) is 12.2. The Morgan fingerprint density at radius 3 is 2.28 bits per heavy atom. The SMILES string of the molecule is CCC(=O)OC(C)Cc1ccccc1.COc1ccnc(C(N)=O)c1OCOC(C)=O.Oc1cccc(Cl)c1. The number of carbonyl (C=O) groups excluding carboxylic acids is 3. The highest BCUT2D eigenvalue weighted by Crippen LogP contribution is 2.29. The fraction of sp³-hybridized carbons (Fsp3) is 0.286. The molecule has 39 heavy (non-hydrogen) atoms. The molecular weight excluding hydrogens is 528 g/mol. The van der Waals surface area contributed by atoms with Crippen LogP contribution in [0.4, 0.5) is 0 Å². The zero-order valence-corrected chi connectivity index (χ0v) is 23.0. The van der Waals surface area contributed by atoms with Gasteiger partial charge in [-0.25, -0.2) is 4.98 Å². The van der Waals surface area contributed by atoms with Crippen LogP contribution in [0.1, 0.15) is 43.2 Å². The summed E-state index contributed by atoms with van der Waals surface area (Å²) in [4.78, 5) is 36.4. The van der Waals surface area contributed by atoms with E-state index in [1.54, 1.807) is 25.1 Å². The van der Waals surface area contributed by atoms with Crippen molar-refractivity contribution < 1.29 is 38.4 Å². The summed E-state index contributed by atoms with van der Waals surface area (Å²) in [6.45, 7) is 4.61. The lowest BCUT2D eigenvalue weighted by Crippen LogP contribution is -2.17. The third kappa shape index (κ3) is 13.7. The minimum absolute atomic E-state index is 0.0372. The Hall–Kier alpha value is -4.31. The van der Waals surface area contributed by atoms with Crippen molar-refractivity contribution in [3.63, 3.8) is 0 Å². The number of rotatable bonds is 9. The molecule has 3 N–H and O–H groups in total. The summed E-state index contributed by atoms with van der Waals surface area (Å²) < 4.78 is 19.8. The van der Waals surface area contributed by atoms with Gasteiger partial charge >= 0.3 is 11.9 Å². The molecule has 0 saturated heterocycles. The zero-order valence-electron chi connectivity index (χ0n) is 22.3. The molecule has 210 valence electrons. The number of phenols is 1. The van der Waals surface area contributed by atoms with Crippen molar-refractivity contribution in [3.8, 4) is 17.2 Å². The Balaban J connectivity index is 0.000000310. The summed E-state index contributed by atoms with van der Waals surface area (Å²) in [6, 6.07) is 18.0. The molecule has 0 bridgehead atoms. The van der Waals surface area contributed by atoms with E-state index in [9.17, 15) is 14.4 Å². The number of hydrogen-bond acceptors (Lipinski definition) is 9. The largest absolute Gasteiger partial charge is 0.508 e. The first-order chi connectivity index (χ1) is 18.6. The minimum Gasteiger partial charge on any atom is -0.508 e. The van der Waals surface area contributed by atoms with Crippen LogP contribution in [0.5, 0.6) is 17.2 Å². The number of halogens is 1. The van der Waals surface area contributed by atoms with Gasteiger partial charge in [0.1, 0.15) is 11.9 Å². The number of nitrogens with two attached hydrogens (primary N) is 1. The number of amides is 1. The average molecular weight is 561 g/mol. The van der Waals surface area contributed by atoms with E-state index in [4.69, 9.17) is 36.7 Å². The summed E-state index contributed by atoms with van der Waals surface area (Å²) in [5.74, 6) is -0.870. The van der Waals surface area contributed by atoms with Crippen LogP contribution in [-0.2, 0) is 25.5 Å². The number of hydrogen-bond donors (Lipinski definition) is 2. The van der Waals surface area contributed by atoms with Gasteiger partial charge in [-0.1, -0.05) is 54.9 Å². The van der Waals surface area contributed by atoms with E-state index in [0.29, 0.717) is 11.4 Å². The maximum absolute atomic E-state index is 11.1. The van der Waals surface area contributed by atoms with Crippen molar-refractivity contribution in [2.24, 2.45) is 5.73 Å². The molecule has 2 aromatic carbocycles. The summed E-state index contributed by atoms with van der Waals surface area (Å²) in [7, 11) is 1.40. The second-order valence-electron chi connectivity index (χ2n) is 7.78. The van der Waals surface area contributed by atoms with Crippen LogP contribution in [-0.4, -0.2) is 47.9 Å². The number of primary amides is 1. The van der Waals surface area contributed by atoms with E-state index < -0.39 is 11.9 Å². The summed E-state index contributed by atoms with van der Waals surface area (Å²) in [5, 5.41) is 9.29. The molecule has 0 aliphatic heterocycles. The van der Waals surface area contributed by atoms with E-state index >= 15 is 0 Å². The predicted molar refractivity (Wildman–Crippen MR) is 146 cm³/mol. The van der Waals surface area contributed by atoms with Gasteiger partial charge in [-0.15, -0.1) is 0 Å². The van der Waals surface area contributed by atoms with Crippen LogP contribution < -0.4 is 15.2 Å². The van der Waals surface area contributed by atoms with E-state index in [1.165, 1.54) is 37.9 Å². The van der Waals surface area contributed by atoms with Crippen LogP contribution in [0.3, 0.4) is 0 Å². The van der Waals surface area contributed by atoms with Gasteiger partial charge in [0.05, 0.1) is 7.11 Å². The summed E-state index contributed by atoms with van der Waals surface area (Å²) >= 11 is 5.48. The molecule has 3 rings (SSSR count). The van der Waals surface area contributed by atoms with Crippen LogP contribution in [0.2, 0.25) is 5.02 Å². The molecule has 0 spiro atoms. The van der Waals surface area contributed by atoms with Gasteiger partial charge in [-0.05, 0) is 30.7 Å². The van der Waals surface area contributed by atoms with E-state index in [2.05, 4.69) is 9.72 Å². The minimum atomic E-state index is -0.762. The van der Waals surface area contributed by atoms with Gasteiger partial charge in [0.15, 0.2) is 17.2 Å². The predicted octanol–water partition coefficient (Wildman–Crippen LogP) is 4.70. The van der Waals surface area contributed by atoms with Gasteiger partial charge in [0.2, 0.25) is 6.79 Å². The van der Waals surface area contributed by atoms with Crippen LogP contribution in [0.25, 0.3) is 0 Å². The molecule has 1 amide bonds. The van der Waals surface area contributed by atoms with Crippen molar-refractivity contribution in [1.82, 2.24) is 4.98 Å². The number of aromatic hydroxyl groups is 1. The lowest BCUT2D eigenvalue weighted by atomic mass is 10.1. The van der Waals surface area contributed by atoms with Gasteiger partial charge < -0.3 is 29.8 Å². The number of ether oxygens (including phenoxy) is 4. The quantitative estimate of drug-likeness (QED) is 0.280. The summed E-state index contributed by atoms with van der Waals surface area (Å²) in [5.41, 5.74) is 6.24. The number of pyridine rings is 1. The monoisotopic (exact) mass is 560 g/mol. The van der Waals surface area contributed by atoms with Crippen LogP contribution >= 0.6 is 11.6 Å². The fourth-order valence-electron chi connectivity index (χ4n) is 2.85. The molecular formula is C28H33ClN2O8. The molecule has 0 saturated carbocycles. The molecule has 1 heterocycles. The van der Waals surface area contributed by atoms with Gasteiger partial charge in [0, 0.05) is 37.1 Å². The highest BCUT2D eigenvalue weighted by molar-refractivity contribution is 6.30. The molecule has 0 fully saturated rings. The van der Waals surface area contributed by atoms with Gasteiger partial charge in [-0.2, -0.15) is 0 Å². The lowest BCUT2D eigenvalue weighted by molar-refractivity contribution is -0.148. The second kappa shape index (κ2) is 18.0. The lowest BCUT2D eigenvalue weighted by Gasteiger charge is -2.12. The number of phenolic OH excluding ortho intramolecular Hbond substituents is 1. The first kappa shape index (κ1) is 32.7. The molecule has 1 aromatic heterocycles. The molecule has 10 nitrogen and oxygen atoms in total. The maximum atomic E-state index is 11.1. The Kier molecular flexibility index (Phi) is 15.1. The highest BCUT2D eigenvalue weighted by Gasteiger charge is 2.16. The number of nitrogens with zero attached hydrogens (tertiary/aromatic N) is 1. The third-order valence-electron chi connectivity index (χ3n) is 4.58. The van der Waals surface area contributed by atoms with Crippen molar-refractivity contribution >= 4 is 29.4 Å². The molecule has 0 aliphatic rings. The average Bonchev–Trinajstić information content (AvgIpc) is 2.89. The molecule has 3 aromatic rings. The molecule has 11 heteroatoms. The van der Waals surface area contributed by atoms with Crippen molar-refractivity contribution in [1.29, 1.82) is 0 Å². The van der Waals surface area contributed by atoms with Crippen molar-refractivity contribution in [3.05, 3.63) is 83.1 Å². The molecule has 0 radical (unpaired) electrons. The van der Waals surface area contributed by atoms with E-state index in [0.717, 1.165) is 6.42 Å². The Morgan fingerprint density at radius 2 is 1.77 bits per heavy atom. The standard InChI is InChI=1S/C12H16O2.C10H12N2O5.C6H5ClO/c1-3-12(13)14-10(2)9-11-7-5-4-6-8-11;1-6(13)16-5-17-9-7(15-2)3-4-12-8(9)10(11)14;7-5-2-1-3-6(8)4-5/h4-8,10H,3,9H2,1-2H3;3-4H,5H2,1-2H3,(H2,11,14);1-4,8H. The van der Waals surface area contributed by atoms with Gasteiger partial charge in [-0.3, -0.25) is 14.4 Å². The van der Waals surface area contributed by atoms with E-state index in [1.807, 2.05) is 37.3 Å². The number of aromatic nitrogens is 1. The fourth-order valence-corrected chi connectivity index (χ4v) is 3.03. The van der Waals surface area contributed by atoms with Crippen LogP contribution in [0.15, 0.2) is 66.9 Å². The van der Waals surface area contributed by atoms with E-state index in [-0.39, 0.29) is 41.8 Å². The Labute approximate surface area is 232 Å². The number of benzene rings is 2. The first-order valence-electron chi connectivity index (χ1n) is 11.8. The number of esters is 2. The normalized spacial score (nSPS) is 10.4. The second-order valence-corrected chi connectivity index (χ2v) is 8.21. The topological polar surface area (TPSA) is 147 Å². The van der Waals surface area contributed by atoms with Crippen LogP contribution in [0, 0.1) is 0 Å². The third-order valence-corrected chi connectivity index (χ3v) is 4.82. The number of carbonyl (C=O) groups is 3. The molecule has 1 unspecified atom stereocenters. The number of methoxy groups -OCH3 is 1. The smallest absolute Gasteiger partial charge is 0.305 e. The maximum Gasteiger partial charge on any atom is 0.305 e. The van der Waals surface area contributed by atoms with Crippen molar-refractivity contribution in [2.45, 2.75) is 39.7 Å². The highest BCUT2D eigenvalue weighted by atomic mass is 35.5.